The van der Waals surface area contributed by atoms with Crippen molar-refractivity contribution in [3.63, 3.8) is 0 Å². The average Bonchev–Trinajstić information content (AvgIpc) is 2.57. The van der Waals surface area contributed by atoms with Crippen LogP contribution in [0.5, 0.6) is 0 Å². The molecule has 1 aliphatic rings. The van der Waals surface area contributed by atoms with Crippen molar-refractivity contribution in [3.8, 4) is 0 Å². The second kappa shape index (κ2) is 8.60. The molecule has 2 rings (SSSR count). The standard InChI is InChI=1S/C18H23F3N2O4/c1-13(2)23(8-14-6-4-3-5-7-14)16(25)27-12-17(10-26-11-17)9-22-15(24)18(19,20)21/h3-7,13H,8-12H2,1-2H3,(H,22,24). The fourth-order valence-corrected chi connectivity index (χ4v) is 2.53. The molecule has 0 unspecified atom stereocenters. The number of carbonyl (C=O) groups excluding carboxylic acids is 2. The van der Waals surface area contributed by atoms with Crippen LogP contribution in [0.1, 0.15) is 19.4 Å². The lowest BCUT2D eigenvalue weighted by atomic mass is 9.87. The molecule has 0 aromatic heterocycles. The number of nitrogens with one attached hydrogen (secondary N) is 1. The summed E-state index contributed by atoms with van der Waals surface area (Å²) in [6.07, 6.45) is -5.52. The van der Waals surface area contributed by atoms with Crippen LogP contribution in [0.25, 0.3) is 0 Å². The summed E-state index contributed by atoms with van der Waals surface area (Å²) in [6.45, 7) is 3.84. The Hall–Kier alpha value is -2.29. The number of nitrogens with zero attached hydrogens (tertiary/aromatic N) is 1. The van der Waals surface area contributed by atoms with Crippen molar-refractivity contribution in [2.75, 3.05) is 26.4 Å². The van der Waals surface area contributed by atoms with Gasteiger partial charge in [0.15, 0.2) is 0 Å². The molecular weight excluding hydrogens is 365 g/mol. The quantitative estimate of drug-likeness (QED) is 0.780. The van der Waals surface area contributed by atoms with Crippen LogP contribution in [-0.4, -0.2) is 55.5 Å². The van der Waals surface area contributed by atoms with Crippen LogP contribution in [0, 0.1) is 5.41 Å². The highest BCUT2D eigenvalue weighted by molar-refractivity contribution is 5.81. The molecule has 1 N–H and O–H groups in total. The van der Waals surface area contributed by atoms with Crippen LogP contribution in [0.3, 0.4) is 0 Å². The van der Waals surface area contributed by atoms with Gasteiger partial charge < -0.3 is 19.7 Å². The Balaban J connectivity index is 1.91. The Labute approximate surface area is 155 Å². The second-order valence-electron chi connectivity index (χ2n) is 6.94. The van der Waals surface area contributed by atoms with Gasteiger partial charge in [-0.15, -0.1) is 0 Å². The zero-order chi connectivity index (χ0) is 20.1. The molecule has 1 aromatic rings. The highest BCUT2D eigenvalue weighted by atomic mass is 19.4. The summed E-state index contributed by atoms with van der Waals surface area (Å²) in [4.78, 5) is 25.0. The second-order valence-corrected chi connectivity index (χ2v) is 6.94. The number of ether oxygens (including phenoxy) is 2. The van der Waals surface area contributed by atoms with Gasteiger partial charge in [0.25, 0.3) is 0 Å². The minimum atomic E-state index is -4.95. The van der Waals surface area contributed by atoms with Gasteiger partial charge in [-0.05, 0) is 19.4 Å². The summed E-state index contributed by atoms with van der Waals surface area (Å²) in [5.41, 5.74) is 0.0914. The van der Waals surface area contributed by atoms with Gasteiger partial charge >= 0.3 is 18.2 Å². The Morgan fingerprint density at radius 3 is 2.37 bits per heavy atom. The van der Waals surface area contributed by atoms with Gasteiger partial charge in [-0.25, -0.2) is 4.79 Å². The first-order chi connectivity index (χ1) is 12.6. The lowest BCUT2D eigenvalue weighted by molar-refractivity contribution is -0.178. The molecule has 0 atom stereocenters. The van der Waals surface area contributed by atoms with E-state index in [0.29, 0.717) is 6.54 Å². The molecule has 1 fully saturated rings. The molecule has 6 nitrogen and oxygen atoms in total. The van der Waals surface area contributed by atoms with Crippen LogP contribution in [-0.2, 0) is 20.8 Å². The molecule has 1 heterocycles. The fourth-order valence-electron chi connectivity index (χ4n) is 2.53. The van der Waals surface area contributed by atoms with Crippen molar-refractivity contribution < 1.29 is 32.2 Å². The van der Waals surface area contributed by atoms with E-state index >= 15 is 0 Å². The molecule has 27 heavy (non-hydrogen) atoms. The third-order valence-electron chi connectivity index (χ3n) is 4.25. The predicted molar refractivity (Wildman–Crippen MR) is 90.8 cm³/mol. The molecule has 1 aromatic carbocycles. The molecule has 0 bridgehead atoms. The van der Waals surface area contributed by atoms with Gasteiger partial charge in [0.1, 0.15) is 6.61 Å². The van der Waals surface area contributed by atoms with E-state index in [4.69, 9.17) is 9.47 Å². The lowest BCUT2D eigenvalue weighted by Gasteiger charge is -2.41. The lowest BCUT2D eigenvalue weighted by Crippen LogP contribution is -2.56. The van der Waals surface area contributed by atoms with E-state index < -0.39 is 23.6 Å². The van der Waals surface area contributed by atoms with Gasteiger partial charge in [-0.1, -0.05) is 30.3 Å². The molecule has 0 saturated carbocycles. The third kappa shape index (κ3) is 5.85. The Kier molecular flexibility index (Phi) is 6.69. The summed E-state index contributed by atoms with van der Waals surface area (Å²) in [5, 5.41) is 1.83. The molecule has 9 heteroatoms. The zero-order valence-electron chi connectivity index (χ0n) is 15.2. The van der Waals surface area contributed by atoms with Gasteiger partial charge in [-0.2, -0.15) is 13.2 Å². The summed E-state index contributed by atoms with van der Waals surface area (Å²) in [7, 11) is 0. The first-order valence-corrected chi connectivity index (χ1v) is 8.53. The maximum Gasteiger partial charge on any atom is 0.471 e. The Morgan fingerprint density at radius 2 is 1.89 bits per heavy atom. The first-order valence-electron chi connectivity index (χ1n) is 8.53. The molecule has 2 amide bonds. The van der Waals surface area contributed by atoms with Crippen molar-refractivity contribution in [2.45, 2.75) is 32.6 Å². The van der Waals surface area contributed by atoms with E-state index in [9.17, 15) is 22.8 Å². The zero-order valence-corrected chi connectivity index (χ0v) is 15.2. The van der Waals surface area contributed by atoms with Gasteiger partial charge in [-0.3, -0.25) is 4.79 Å². The molecule has 0 aliphatic carbocycles. The number of amides is 2. The van der Waals surface area contributed by atoms with Crippen LogP contribution in [0.2, 0.25) is 0 Å². The van der Waals surface area contributed by atoms with Crippen LogP contribution in [0.4, 0.5) is 18.0 Å². The predicted octanol–water partition coefficient (Wildman–Crippen LogP) is 2.73. The Morgan fingerprint density at radius 1 is 1.26 bits per heavy atom. The summed E-state index contributed by atoms with van der Waals surface area (Å²) >= 11 is 0. The largest absolute Gasteiger partial charge is 0.471 e. The normalized spacial score (nSPS) is 15.8. The van der Waals surface area contributed by atoms with Crippen LogP contribution in [0.15, 0.2) is 30.3 Å². The van der Waals surface area contributed by atoms with Crippen LogP contribution < -0.4 is 5.32 Å². The van der Waals surface area contributed by atoms with E-state index in [-0.39, 0.29) is 32.4 Å². The Bertz CT molecular complexity index is 646. The number of rotatable bonds is 7. The number of carbonyl (C=O) groups is 2. The molecule has 0 radical (unpaired) electrons. The van der Waals surface area contributed by atoms with E-state index in [0.717, 1.165) is 5.56 Å². The van der Waals surface area contributed by atoms with E-state index in [1.165, 1.54) is 4.90 Å². The van der Waals surface area contributed by atoms with Crippen molar-refractivity contribution in [1.29, 1.82) is 0 Å². The number of hydrogen-bond acceptors (Lipinski definition) is 4. The molecule has 150 valence electrons. The van der Waals surface area contributed by atoms with Gasteiger partial charge in [0.2, 0.25) is 0 Å². The van der Waals surface area contributed by atoms with E-state index in [2.05, 4.69) is 0 Å². The highest BCUT2D eigenvalue weighted by Crippen LogP contribution is 2.28. The maximum atomic E-state index is 12.5. The topological polar surface area (TPSA) is 67.9 Å². The minimum Gasteiger partial charge on any atom is -0.449 e. The number of benzene rings is 1. The summed E-state index contributed by atoms with van der Waals surface area (Å²) < 4.78 is 47.4. The van der Waals surface area contributed by atoms with Crippen molar-refractivity contribution in [2.24, 2.45) is 5.41 Å². The minimum absolute atomic E-state index is 0.110. The number of alkyl halides is 3. The molecule has 1 saturated heterocycles. The van der Waals surface area contributed by atoms with Crippen LogP contribution >= 0.6 is 0 Å². The molecule has 0 spiro atoms. The summed E-state index contributed by atoms with van der Waals surface area (Å²) in [5.74, 6) is -2.02. The maximum absolute atomic E-state index is 12.5. The smallest absolute Gasteiger partial charge is 0.449 e. The number of halogens is 3. The van der Waals surface area contributed by atoms with Crippen molar-refractivity contribution in [1.82, 2.24) is 10.2 Å². The van der Waals surface area contributed by atoms with Crippen molar-refractivity contribution in [3.05, 3.63) is 35.9 Å². The first kappa shape index (κ1) is 21.0. The number of hydrogen-bond donors (Lipinski definition) is 1. The fraction of sp³-hybridized carbons (Fsp3) is 0.556. The average molecular weight is 388 g/mol. The monoisotopic (exact) mass is 388 g/mol. The van der Waals surface area contributed by atoms with E-state index in [1.54, 1.807) is 0 Å². The SMILES string of the molecule is CC(C)N(Cc1ccccc1)C(=O)OCC1(CNC(=O)C(F)(F)F)COC1. The highest BCUT2D eigenvalue weighted by Gasteiger charge is 2.44. The van der Waals surface area contributed by atoms with Crippen molar-refractivity contribution >= 4 is 12.0 Å². The summed E-state index contributed by atoms with van der Waals surface area (Å²) in [6, 6.07) is 9.24. The van der Waals surface area contributed by atoms with Gasteiger partial charge in [0.05, 0.1) is 18.6 Å². The third-order valence-corrected chi connectivity index (χ3v) is 4.25. The molecular formula is C18H23F3N2O4. The van der Waals surface area contributed by atoms with Gasteiger partial charge in [0, 0.05) is 19.1 Å². The van der Waals surface area contributed by atoms with E-state index in [1.807, 2.05) is 49.5 Å². The molecule has 1 aliphatic heterocycles.